The normalized spacial score (nSPS) is 11.7. The smallest absolute Gasteiger partial charge is 0.0458 e. The molecule has 3 rings (SSSR count). The summed E-state index contributed by atoms with van der Waals surface area (Å²) in [5.74, 6) is 0. The van der Waals surface area contributed by atoms with Gasteiger partial charge in [0.15, 0.2) is 0 Å². The second-order valence-corrected chi connectivity index (χ2v) is 4.48. The molecule has 92 valence electrons. The number of hydrogen-bond acceptors (Lipinski definition) is 0. The maximum Gasteiger partial charge on any atom is 0.0458 e. The Morgan fingerprint density at radius 1 is 0.947 bits per heavy atom. The summed E-state index contributed by atoms with van der Waals surface area (Å²) >= 11 is 0. The molecule has 1 N–H and O–H groups in total. The molecular formula is C18H15N. The first-order valence-corrected chi connectivity index (χ1v) is 6.34. The first kappa shape index (κ1) is 11.5. The second kappa shape index (κ2) is 4.99. The van der Waals surface area contributed by atoms with Crippen molar-refractivity contribution in [3.05, 3.63) is 84.6 Å². The summed E-state index contributed by atoms with van der Waals surface area (Å²) in [7, 11) is 0. The highest BCUT2D eigenvalue weighted by Crippen LogP contribution is 2.21. The van der Waals surface area contributed by atoms with Crippen molar-refractivity contribution in [3.8, 4) is 0 Å². The highest BCUT2D eigenvalue weighted by atomic mass is 14.7. The van der Waals surface area contributed by atoms with Crippen LogP contribution in [0.2, 0.25) is 0 Å². The topological polar surface area (TPSA) is 15.8 Å². The molecule has 1 heterocycles. The Morgan fingerprint density at radius 3 is 2.42 bits per heavy atom. The van der Waals surface area contributed by atoms with E-state index in [1.165, 1.54) is 10.9 Å². The summed E-state index contributed by atoms with van der Waals surface area (Å²) in [6.07, 6.45) is 4.02. The standard InChI is InChI=1S/C18H15N/c1-2-14(15-8-4-3-5-9-15)12-17-13-16-10-6-7-11-18(16)19-17/h2-13,19H,1H2/b14-12+. The zero-order valence-electron chi connectivity index (χ0n) is 10.6. The molecule has 3 aromatic rings. The van der Waals surface area contributed by atoms with Gasteiger partial charge < -0.3 is 4.98 Å². The monoisotopic (exact) mass is 245 g/mol. The van der Waals surface area contributed by atoms with Crippen molar-refractivity contribution in [2.45, 2.75) is 0 Å². The number of allylic oxidation sites excluding steroid dienone is 2. The van der Waals surface area contributed by atoms with Crippen LogP contribution in [0.1, 0.15) is 11.3 Å². The molecule has 2 aromatic carbocycles. The van der Waals surface area contributed by atoms with Crippen LogP contribution in [-0.4, -0.2) is 4.98 Å². The molecule has 0 aliphatic carbocycles. The summed E-state index contributed by atoms with van der Waals surface area (Å²) in [5, 5.41) is 1.23. The molecule has 0 unspecified atom stereocenters. The number of H-pyrrole nitrogens is 1. The van der Waals surface area contributed by atoms with Crippen LogP contribution in [-0.2, 0) is 0 Å². The maximum atomic E-state index is 3.91. The molecule has 0 saturated carbocycles. The van der Waals surface area contributed by atoms with E-state index < -0.39 is 0 Å². The number of benzene rings is 2. The van der Waals surface area contributed by atoms with Gasteiger partial charge in [0.25, 0.3) is 0 Å². The number of nitrogens with one attached hydrogen (secondary N) is 1. The van der Waals surface area contributed by atoms with Gasteiger partial charge >= 0.3 is 0 Å². The van der Waals surface area contributed by atoms with Gasteiger partial charge in [-0.3, -0.25) is 0 Å². The molecule has 0 aliphatic heterocycles. The van der Waals surface area contributed by atoms with Gasteiger partial charge in [0, 0.05) is 11.2 Å². The molecule has 0 atom stereocenters. The predicted molar refractivity (Wildman–Crippen MR) is 82.8 cm³/mol. The molecule has 0 bridgehead atoms. The zero-order chi connectivity index (χ0) is 13.1. The van der Waals surface area contributed by atoms with E-state index in [1.54, 1.807) is 0 Å². The number of fused-ring (bicyclic) bond motifs is 1. The van der Waals surface area contributed by atoms with Crippen molar-refractivity contribution in [1.29, 1.82) is 0 Å². The summed E-state index contributed by atoms with van der Waals surface area (Å²) < 4.78 is 0. The first-order chi connectivity index (χ1) is 9.36. The van der Waals surface area contributed by atoms with Crippen molar-refractivity contribution in [1.82, 2.24) is 4.98 Å². The van der Waals surface area contributed by atoms with Gasteiger partial charge in [0.2, 0.25) is 0 Å². The van der Waals surface area contributed by atoms with Crippen molar-refractivity contribution >= 4 is 22.6 Å². The lowest BCUT2D eigenvalue weighted by atomic mass is 10.1. The minimum atomic E-state index is 1.10. The minimum absolute atomic E-state index is 1.10. The van der Waals surface area contributed by atoms with Gasteiger partial charge in [-0.25, -0.2) is 0 Å². The van der Waals surface area contributed by atoms with Gasteiger partial charge in [0.05, 0.1) is 0 Å². The van der Waals surface area contributed by atoms with Gasteiger partial charge in [-0.2, -0.15) is 0 Å². The summed E-state index contributed by atoms with van der Waals surface area (Å²) in [6, 6.07) is 20.7. The molecule has 1 nitrogen and oxygen atoms in total. The quantitative estimate of drug-likeness (QED) is 0.632. The van der Waals surface area contributed by atoms with Crippen LogP contribution < -0.4 is 0 Å². The molecule has 1 aromatic heterocycles. The number of hydrogen-bond donors (Lipinski definition) is 1. The average molecular weight is 245 g/mol. The molecule has 0 fully saturated rings. The highest BCUT2D eigenvalue weighted by molar-refractivity contribution is 5.90. The maximum absolute atomic E-state index is 3.91. The minimum Gasteiger partial charge on any atom is -0.355 e. The third-order valence-corrected chi connectivity index (χ3v) is 3.19. The summed E-state index contributed by atoms with van der Waals surface area (Å²) in [6.45, 7) is 3.91. The van der Waals surface area contributed by atoms with Crippen LogP contribution in [0.5, 0.6) is 0 Å². The SMILES string of the molecule is C=C/C(=C\c1cc2ccccc2[nH]1)c1ccccc1. The van der Waals surface area contributed by atoms with E-state index in [0.29, 0.717) is 0 Å². The molecular weight excluding hydrogens is 230 g/mol. The van der Waals surface area contributed by atoms with Crippen molar-refractivity contribution in [2.75, 3.05) is 0 Å². The van der Waals surface area contributed by atoms with Crippen LogP contribution in [0.4, 0.5) is 0 Å². The third kappa shape index (κ3) is 2.36. The van der Waals surface area contributed by atoms with E-state index in [2.05, 4.69) is 54.0 Å². The molecule has 0 aliphatic rings. The first-order valence-electron chi connectivity index (χ1n) is 6.34. The van der Waals surface area contributed by atoms with Gasteiger partial charge in [0.1, 0.15) is 0 Å². The number of para-hydroxylation sites is 1. The number of aromatic amines is 1. The van der Waals surface area contributed by atoms with Gasteiger partial charge in [-0.05, 0) is 34.7 Å². The van der Waals surface area contributed by atoms with Crippen LogP contribution in [0.25, 0.3) is 22.6 Å². The van der Waals surface area contributed by atoms with Crippen LogP contribution in [0.3, 0.4) is 0 Å². The highest BCUT2D eigenvalue weighted by Gasteiger charge is 2.00. The fourth-order valence-corrected chi connectivity index (χ4v) is 2.23. The lowest BCUT2D eigenvalue weighted by Gasteiger charge is -2.01. The van der Waals surface area contributed by atoms with E-state index in [4.69, 9.17) is 0 Å². The Kier molecular flexibility index (Phi) is 3.03. The Balaban J connectivity index is 2.05. The molecule has 0 radical (unpaired) electrons. The molecule has 0 spiro atoms. The van der Waals surface area contributed by atoms with Crippen molar-refractivity contribution in [3.63, 3.8) is 0 Å². The number of rotatable bonds is 3. The van der Waals surface area contributed by atoms with Crippen LogP contribution in [0, 0.1) is 0 Å². The van der Waals surface area contributed by atoms with E-state index in [-0.39, 0.29) is 0 Å². The van der Waals surface area contributed by atoms with Gasteiger partial charge in [-0.1, -0.05) is 61.2 Å². The Bertz CT molecular complexity index is 699. The fourth-order valence-electron chi connectivity index (χ4n) is 2.23. The fraction of sp³-hybridized carbons (Fsp3) is 0. The van der Waals surface area contributed by atoms with E-state index in [0.717, 1.165) is 16.8 Å². The Morgan fingerprint density at radius 2 is 1.68 bits per heavy atom. The largest absolute Gasteiger partial charge is 0.355 e. The van der Waals surface area contributed by atoms with Crippen LogP contribution >= 0.6 is 0 Å². The second-order valence-electron chi connectivity index (χ2n) is 4.48. The van der Waals surface area contributed by atoms with Crippen LogP contribution in [0.15, 0.2) is 73.3 Å². The van der Waals surface area contributed by atoms with E-state index in [9.17, 15) is 0 Å². The Hall–Kier alpha value is -2.54. The average Bonchev–Trinajstić information content (AvgIpc) is 2.88. The summed E-state index contributed by atoms with van der Waals surface area (Å²) in [5.41, 5.74) is 4.55. The molecule has 0 amide bonds. The van der Waals surface area contributed by atoms with Crippen molar-refractivity contribution < 1.29 is 0 Å². The van der Waals surface area contributed by atoms with E-state index >= 15 is 0 Å². The predicted octanol–water partition coefficient (Wildman–Crippen LogP) is 4.89. The third-order valence-electron chi connectivity index (χ3n) is 3.19. The number of aromatic nitrogens is 1. The van der Waals surface area contributed by atoms with Gasteiger partial charge in [-0.15, -0.1) is 0 Å². The van der Waals surface area contributed by atoms with E-state index in [1.807, 2.05) is 30.3 Å². The molecule has 1 heteroatoms. The summed E-state index contributed by atoms with van der Waals surface area (Å²) in [4.78, 5) is 3.41. The lowest BCUT2D eigenvalue weighted by Crippen LogP contribution is -1.80. The molecule has 19 heavy (non-hydrogen) atoms. The molecule has 0 saturated heterocycles. The van der Waals surface area contributed by atoms with Crippen molar-refractivity contribution in [2.24, 2.45) is 0 Å². The lowest BCUT2D eigenvalue weighted by molar-refractivity contribution is 1.43. The Labute approximate surface area is 112 Å². The zero-order valence-corrected chi connectivity index (χ0v) is 10.6.